The molecule has 0 atom stereocenters. The molecule has 0 saturated carbocycles. The van der Waals surface area contributed by atoms with Crippen molar-refractivity contribution < 1.29 is 17.9 Å². The molecule has 4 nitrogen and oxygen atoms in total. The van der Waals surface area contributed by atoms with E-state index in [0.29, 0.717) is 20.3 Å². The number of rotatable bonds is 6. The van der Waals surface area contributed by atoms with E-state index in [1.54, 1.807) is 26.0 Å². The number of carbonyl (C=O) groups is 1. The zero-order valence-corrected chi connectivity index (χ0v) is 14.5. The Hall–Kier alpha value is -0.400. The van der Waals surface area contributed by atoms with Gasteiger partial charge in [0.15, 0.2) is 9.84 Å². The maximum atomic E-state index is 11.6. The van der Waals surface area contributed by atoms with Gasteiger partial charge in [0.05, 0.1) is 19.9 Å². The van der Waals surface area contributed by atoms with Crippen molar-refractivity contribution >= 4 is 48.0 Å². The standard InChI is InChI=1S/C12H14Br2O4S/c1-8(2)19(16,17)4-3-18-12-10(13)5-9(7-15)6-11(12)14/h5-8H,3-4H2,1-2H3. The summed E-state index contributed by atoms with van der Waals surface area (Å²) in [4.78, 5) is 10.7. The van der Waals surface area contributed by atoms with Crippen LogP contribution in [-0.4, -0.2) is 32.3 Å². The summed E-state index contributed by atoms with van der Waals surface area (Å²) in [5.74, 6) is 0.448. The Morgan fingerprint density at radius 2 is 1.79 bits per heavy atom. The van der Waals surface area contributed by atoms with Crippen molar-refractivity contribution in [2.24, 2.45) is 0 Å². The molecule has 1 rings (SSSR count). The van der Waals surface area contributed by atoms with E-state index in [1.165, 1.54) is 0 Å². The van der Waals surface area contributed by atoms with E-state index in [0.717, 1.165) is 6.29 Å². The molecular formula is C12H14Br2O4S. The third kappa shape index (κ3) is 4.57. The number of hydrogen-bond donors (Lipinski definition) is 0. The first-order valence-electron chi connectivity index (χ1n) is 5.56. The molecule has 19 heavy (non-hydrogen) atoms. The van der Waals surface area contributed by atoms with Crippen molar-refractivity contribution in [3.63, 3.8) is 0 Å². The van der Waals surface area contributed by atoms with Gasteiger partial charge < -0.3 is 4.74 Å². The monoisotopic (exact) mass is 412 g/mol. The number of ether oxygens (including phenoxy) is 1. The number of hydrogen-bond acceptors (Lipinski definition) is 4. The summed E-state index contributed by atoms with van der Waals surface area (Å²) >= 11 is 6.57. The number of benzene rings is 1. The molecule has 0 aliphatic carbocycles. The molecule has 0 heterocycles. The van der Waals surface area contributed by atoms with Crippen LogP contribution in [0.4, 0.5) is 0 Å². The summed E-state index contributed by atoms with van der Waals surface area (Å²) in [6.07, 6.45) is 0.725. The maximum absolute atomic E-state index is 11.6. The van der Waals surface area contributed by atoms with Crippen LogP contribution >= 0.6 is 31.9 Å². The molecular weight excluding hydrogens is 400 g/mol. The molecule has 0 spiro atoms. The zero-order chi connectivity index (χ0) is 14.6. The van der Waals surface area contributed by atoms with Crippen LogP contribution in [0, 0.1) is 0 Å². The summed E-state index contributed by atoms with van der Waals surface area (Å²) in [6.45, 7) is 3.35. The van der Waals surface area contributed by atoms with Crippen molar-refractivity contribution in [3.8, 4) is 5.75 Å². The van der Waals surface area contributed by atoms with Gasteiger partial charge in [-0.25, -0.2) is 8.42 Å². The topological polar surface area (TPSA) is 60.4 Å². The SMILES string of the molecule is CC(C)S(=O)(=O)CCOc1c(Br)cc(C=O)cc1Br. The van der Waals surface area contributed by atoms with Gasteiger partial charge in [0.1, 0.15) is 18.6 Å². The lowest BCUT2D eigenvalue weighted by Gasteiger charge is -2.12. The zero-order valence-electron chi connectivity index (χ0n) is 10.5. The number of aldehydes is 1. The van der Waals surface area contributed by atoms with E-state index in [9.17, 15) is 13.2 Å². The molecule has 0 bridgehead atoms. The van der Waals surface area contributed by atoms with Gasteiger partial charge in [-0.3, -0.25) is 4.79 Å². The molecule has 0 unspecified atom stereocenters. The highest BCUT2D eigenvalue weighted by atomic mass is 79.9. The van der Waals surface area contributed by atoms with Gasteiger partial charge in [0.2, 0.25) is 0 Å². The van der Waals surface area contributed by atoms with Crippen molar-refractivity contribution in [3.05, 3.63) is 26.6 Å². The smallest absolute Gasteiger partial charge is 0.155 e. The molecule has 0 amide bonds. The fraction of sp³-hybridized carbons (Fsp3) is 0.417. The highest BCUT2D eigenvalue weighted by Gasteiger charge is 2.17. The summed E-state index contributed by atoms with van der Waals surface area (Å²) < 4.78 is 30.0. The van der Waals surface area contributed by atoms with Gasteiger partial charge in [-0.2, -0.15) is 0 Å². The average molecular weight is 414 g/mol. The lowest BCUT2D eigenvalue weighted by molar-refractivity contribution is 0.112. The van der Waals surface area contributed by atoms with E-state index in [2.05, 4.69) is 31.9 Å². The van der Waals surface area contributed by atoms with E-state index in [4.69, 9.17) is 4.74 Å². The lowest BCUT2D eigenvalue weighted by atomic mass is 10.2. The molecule has 0 fully saturated rings. The first-order chi connectivity index (χ1) is 8.77. The Morgan fingerprint density at radius 1 is 1.26 bits per heavy atom. The summed E-state index contributed by atoms with van der Waals surface area (Å²) in [6, 6.07) is 3.23. The van der Waals surface area contributed by atoms with Crippen LogP contribution in [0.15, 0.2) is 21.1 Å². The first kappa shape index (κ1) is 16.7. The Kier molecular flexibility index (Phi) is 6.01. The van der Waals surface area contributed by atoms with Gasteiger partial charge >= 0.3 is 0 Å². The van der Waals surface area contributed by atoms with Gasteiger partial charge in [-0.15, -0.1) is 0 Å². The Labute approximate surface area is 129 Å². The molecule has 1 aromatic rings. The second-order valence-electron chi connectivity index (χ2n) is 4.20. The summed E-state index contributed by atoms with van der Waals surface area (Å²) in [7, 11) is -3.12. The molecule has 0 saturated heterocycles. The fourth-order valence-corrected chi connectivity index (χ4v) is 3.52. The predicted molar refractivity (Wildman–Crippen MR) is 81.6 cm³/mol. The van der Waals surface area contributed by atoms with Gasteiger partial charge in [-0.05, 0) is 57.8 Å². The number of halogens is 2. The van der Waals surface area contributed by atoms with Crippen LogP contribution in [0.25, 0.3) is 0 Å². The molecule has 0 radical (unpaired) electrons. The average Bonchev–Trinajstić information content (AvgIpc) is 2.32. The van der Waals surface area contributed by atoms with Crippen LogP contribution in [0.5, 0.6) is 5.75 Å². The number of sulfone groups is 1. The van der Waals surface area contributed by atoms with Crippen molar-refractivity contribution in [1.29, 1.82) is 0 Å². The van der Waals surface area contributed by atoms with Crippen LogP contribution < -0.4 is 4.74 Å². The highest BCUT2D eigenvalue weighted by molar-refractivity contribution is 9.11. The lowest BCUT2D eigenvalue weighted by Crippen LogP contribution is -2.22. The number of carbonyl (C=O) groups excluding carboxylic acids is 1. The minimum Gasteiger partial charge on any atom is -0.490 e. The van der Waals surface area contributed by atoms with Gasteiger partial charge in [-0.1, -0.05) is 0 Å². The van der Waals surface area contributed by atoms with Gasteiger partial charge in [0, 0.05) is 5.56 Å². The van der Waals surface area contributed by atoms with E-state index < -0.39 is 15.1 Å². The fourth-order valence-electron chi connectivity index (χ4n) is 1.28. The van der Waals surface area contributed by atoms with E-state index in [1.807, 2.05) is 0 Å². The second-order valence-corrected chi connectivity index (χ2v) is 8.58. The van der Waals surface area contributed by atoms with Crippen molar-refractivity contribution in [1.82, 2.24) is 0 Å². The molecule has 1 aromatic carbocycles. The molecule has 106 valence electrons. The molecule has 7 heteroatoms. The largest absolute Gasteiger partial charge is 0.490 e. The van der Waals surface area contributed by atoms with Crippen LogP contribution in [0.3, 0.4) is 0 Å². The molecule has 0 aliphatic heterocycles. The van der Waals surface area contributed by atoms with Crippen molar-refractivity contribution in [2.45, 2.75) is 19.1 Å². The highest BCUT2D eigenvalue weighted by Crippen LogP contribution is 2.34. The third-order valence-corrected chi connectivity index (χ3v) is 5.84. The van der Waals surface area contributed by atoms with E-state index in [-0.39, 0.29) is 12.4 Å². The maximum Gasteiger partial charge on any atom is 0.155 e. The second kappa shape index (κ2) is 6.85. The summed E-state index contributed by atoms with van der Waals surface area (Å²) in [5.41, 5.74) is 0.501. The summed E-state index contributed by atoms with van der Waals surface area (Å²) in [5, 5.41) is -0.416. The minimum absolute atomic E-state index is 0.0427. The normalized spacial score (nSPS) is 11.6. The quantitative estimate of drug-likeness (QED) is 0.671. The Morgan fingerprint density at radius 3 is 2.21 bits per heavy atom. The van der Waals surface area contributed by atoms with Gasteiger partial charge in [0.25, 0.3) is 0 Å². The van der Waals surface area contributed by atoms with Crippen LogP contribution in [0.1, 0.15) is 24.2 Å². The van der Waals surface area contributed by atoms with Crippen molar-refractivity contribution in [2.75, 3.05) is 12.4 Å². The van der Waals surface area contributed by atoms with Crippen LogP contribution in [0.2, 0.25) is 0 Å². The first-order valence-corrected chi connectivity index (χ1v) is 8.86. The third-order valence-electron chi connectivity index (χ3n) is 2.49. The molecule has 0 N–H and O–H groups in total. The minimum atomic E-state index is -3.12. The Balaban J connectivity index is 2.77. The van der Waals surface area contributed by atoms with Crippen LogP contribution in [-0.2, 0) is 9.84 Å². The van der Waals surface area contributed by atoms with E-state index >= 15 is 0 Å². The predicted octanol–water partition coefficient (Wildman–Crippen LogP) is 3.23. The molecule has 0 aliphatic rings. The Bertz CT molecular complexity index is 544. The molecule has 0 aromatic heterocycles.